The summed E-state index contributed by atoms with van der Waals surface area (Å²) in [5.41, 5.74) is 0.838. The van der Waals surface area contributed by atoms with Crippen molar-refractivity contribution in [1.29, 1.82) is 0 Å². The van der Waals surface area contributed by atoms with Crippen molar-refractivity contribution in [2.45, 2.75) is 74.1 Å². The molecule has 0 aliphatic heterocycles. The third-order valence-electron chi connectivity index (χ3n) is 3.16. The van der Waals surface area contributed by atoms with E-state index in [1.807, 2.05) is 27.7 Å². The predicted octanol–water partition coefficient (Wildman–Crippen LogP) is 6.75. The molecule has 4 nitrogen and oxygen atoms in total. The second-order valence-corrected chi connectivity index (χ2v) is 5.55. The van der Waals surface area contributed by atoms with Crippen LogP contribution in [-0.2, 0) is 5.41 Å². The first-order valence-electron chi connectivity index (χ1n) is 8.85. The Labute approximate surface area is 154 Å². The second kappa shape index (κ2) is 15.4. The molecule has 146 valence electrons. The minimum atomic E-state index is -0.0439. The second-order valence-electron chi connectivity index (χ2n) is 5.55. The van der Waals surface area contributed by atoms with Crippen LogP contribution in [-0.4, -0.2) is 20.4 Å². The van der Waals surface area contributed by atoms with Crippen molar-refractivity contribution >= 4 is 0 Å². The molecule has 1 aromatic carbocycles. The van der Waals surface area contributed by atoms with Crippen LogP contribution in [0, 0.1) is 0 Å². The van der Waals surface area contributed by atoms with Gasteiger partial charge in [0, 0.05) is 6.07 Å². The van der Waals surface area contributed by atoms with Gasteiger partial charge in [-0.05, 0) is 49.5 Å². The van der Waals surface area contributed by atoms with Gasteiger partial charge in [-0.25, -0.2) is 0 Å². The third kappa shape index (κ3) is 14.0. The van der Waals surface area contributed by atoms with Crippen LogP contribution in [0.4, 0.5) is 0 Å². The van der Waals surface area contributed by atoms with E-state index in [1.54, 1.807) is 26.0 Å². The summed E-state index contributed by atoms with van der Waals surface area (Å²) in [4.78, 5) is 0. The molecule has 25 heavy (non-hydrogen) atoms. The van der Waals surface area contributed by atoms with Crippen LogP contribution in [0.25, 0.3) is 0 Å². The van der Waals surface area contributed by atoms with Crippen molar-refractivity contribution in [1.82, 2.24) is 0 Å². The van der Waals surface area contributed by atoms with E-state index in [4.69, 9.17) is 15.3 Å². The van der Waals surface area contributed by atoms with Gasteiger partial charge >= 0.3 is 0 Å². The van der Waals surface area contributed by atoms with Crippen LogP contribution in [0.15, 0.2) is 41.9 Å². The summed E-state index contributed by atoms with van der Waals surface area (Å²) in [6.07, 6.45) is 3.80. The molecule has 1 rings (SSSR count). The molecule has 0 aliphatic carbocycles. The Morgan fingerprint density at radius 3 is 1.60 bits per heavy atom. The first-order chi connectivity index (χ1) is 11.6. The molecule has 4 heteroatoms. The molecule has 1 aromatic rings. The summed E-state index contributed by atoms with van der Waals surface area (Å²) in [5, 5.41) is 35.7. The van der Waals surface area contributed by atoms with Gasteiger partial charge in [0.2, 0.25) is 0 Å². The van der Waals surface area contributed by atoms with Gasteiger partial charge in [-0.3, -0.25) is 0 Å². The number of hydrogen-bond donors (Lipinski definition) is 4. The highest BCUT2D eigenvalue weighted by Gasteiger charge is 2.21. The zero-order chi connectivity index (χ0) is 20.6. The largest absolute Gasteiger partial charge is 0.513 e. The van der Waals surface area contributed by atoms with Crippen LogP contribution < -0.4 is 0 Å². The van der Waals surface area contributed by atoms with E-state index < -0.39 is 0 Å². The lowest BCUT2D eigenvalue weighted by Crippen LogP contribution is -2.15. The van der Waals surface area contributed by atoms with E-state index in [2.05, 4.69) is 20.8 Å². The number of aliphatic hydroxyl groups is 2. The highest BCUT2D eigenvalue weighted by Crippen LogP contribution is 2.35. The standard InChI is InChI=1S/C11H16O2.C6H10O2.2C2H6/c1-4-11(2,3)9-6-5-8(12)7-10(9)13;1-5(7)3-4-6(2)8;2*1-2/h5-7,12-13H,4H2,1-3H3;3-4,7-8H,1-2H3;2*1-2H3/b;5-3+,6-4+;;. The Bertz CT molecular complexity index is 491. The summed E-state index contributed by atoms with van der Waals surface area (Å²) in [6, 6.07) is 4.76. The lowest BCUT2D eigenvalue weighted by molar-refractivity contribution is 0.406. The first kappa shape index (κ1) is 27.7. The van der Waals surface area contributed by atoms with Gasteiger partial charge in [-0.1, -0.05) is 54.5 Å². The van der Waals surface area contributed by atoms with E-state index in [9.17, 15) is 5.11 Å². The number of aromatic hydroxyl groups is 2. The SMILES string of the molecule is C/C(O)=C\C=C(/C)O.CC.CC.CCC(C)(C)c1ccc(O)cc1O. The highest BCUT2D eigenvalue weighted by molar-refractivity contribution is 5.42. The molecule has 0 amide bonds. The van der Waals surface area contributed by atoms with Crippen molar-refractivity contribution in [3.05, 3.63) is 47.4 Å². The molecule has 0 spiro atoms. The summed E-state index contributed by atoms with van der Waals surface area (Å²) >= 11 is 0. The van der Waals surface area contributed by atoms with Crippen molar-refractivity contribution < 1.29 is 20.4 Å². The lowest BCUT2D eigenvalue weighted by atomic mass is 9.82. The van der Waals surface area contributed by atoms with Crippen LogP contribution >= 0.6 is 0 Å². The van der Waals surface area contributed by atoms with E-state index in [0.29, 0.717) is 0 Å². The van der Waals surface area contributed by atoms with Crippen molar-refractivity contribution in [2.24, 2.45) is 0 Å². The smallest absolute Gasteiger partial charge is 0.122 e. The van der Waals surface area contributed by atoms with Gasteiger partial charge in [0.15, 0.2) is 0 Å². The summed E-state index contributed by atoms with van der Waals surface area (Å²) in [5.74, 6) is 0.664. The number of benzene rings is 1. The van der Waals surface area contributed by atoms with Gasteiger partial charge in [0.05, 0.1) is 11.5 Å². The number of phenolic OH excluding ortho intramolecular Hbond substituents is 2. The third-order valence-corrected chi connectivity index (χ3v) is 3.16. The molecular formula is C21H38O4. The normalized spacial score (nSPS) is 11.1. The molecule has 0 aromatic heterocycles. The van der Waals surface area contributed by atoms with Gasteiger partial charge < -0.3 is 20.4 Å². The minimum Gasteiger partial charge on any atom is -0.513 e. The summed E-state index contributed by atoms with van der Waals surface area (Å²) < 4.78 is 0. The fourth-order valence-electron chi connectivity index (χ4n) is 1.52. The van der Waals surface area contributed by atoms with Gasteiger partial charge in [-0.2, -0.15) is 0 Å². The zero-order valence-corrected chi connectivity index (χ0v) is 17.4. The number of allylic oxidation sites excluding steroid dienone is 4. The molecule has 0 fully saturated rings. The van der Waals surface area contributed by atoms with E-state index in [0.717, 1.165) is 12.0 Å². The maximum Gasteiger partial charge on any atom is 0.122 e. The van der Waals surface area contributed by atoms with Crippen LogP contribution in [0.1, 0.15) is 74.3 Å². The molecule has 0 saturated carbocycles. The van der Waals surface area contributed by atoms with Gasteiger partial charge in [-0.15, -0.1) is 0 Å². The number of rotatable bonds is 3. The maximum atomic E-state index is 9.60. The molecule has 0 unspecified atom stereocenters. The van der Waals surface area contributed by atoms with Crippen LogP contribution in [0.2, 0.25) is 0 Å². The molecule has 0 aliphatic rings. The molecule has 0 bridgehead atoms. The monoisotopic (exact) mass is 354 g/mol. The molecule has 0 radical (unpaired) electrons. The Hall–Kier alpha value is -2.10. The molecule has 0 atom stereocenters. The number of aliphatic hydroxyl groups excluding tert-OH is 2. The van der Waals surface area contributed by atoms with Crippen LogP contribution in [0.5, 0.6) is 11.5 Å². The molecule has 4 N–H and O–H groups in total. The van der Waals surface area contributed by atoms with Crippen LogP contribution in [0.3, 0.4) is 0 Å². The van der Waals surface area contributed by atoms with E-state index in [-0.39, 0.29) is 28.4 Å². The minimum absolute atomic E-state index is 0.0439. The Morgan fingerprint density at radius 1 is 0.920 bits per heavy atom. The highest BCUT2D eigenvalue weighted by atomic mass is 16.3. The average molecular weight is 355 g/mol. The summed E-state index contributed by atoms with van der Waals surface area (Å²) in [7, 11) is 0. The van der Waals surface area contributed by atoms with Crippen molar-refractivity contribution in [3.8, 4) is 11.5 Å². The quantitative estimate of drug-likeness (QED) is 0.357. The van der Waals surface area contributed by atoms with Crippen molar-refractivity contribution in [3.63, 3.8) is 0 Å². The molecular weight excluding hydrogens is 316 g/mol. The lowest BCUT2D eigenvalue weighted by Gasteiger charge is -2.24. The zero-order valence-electron chi connectivity index (χ0n) is 17.4. The Kier molecular flexibility index (Phi) is 17.1. The van der Waals surface area contributed by atoms with Crippen molar-refractivity contribution in [2.75, 3.05) is 0 Å². The van der Waals surface area contributed by atoms with E-state index in [1.165, 1.54) is 18.2 Å². The Balaban J connectivity index is -0.000000348. The fourth-order valence-corrected chi connectivity index (χ4v) is 1.52. The number of hydrogen-bond acceptors (Lipinski definition) is 4. The van der Waals surface area contributed by atoms with E-state index >= 15 is 0 Å². The molecule has 0 saturated heterocycles. The molecule has 0 heterocycles. The van der Waals surface area contributed by atoms with Gasteiger partial charge in [0.25, 0.3) is 0 Å². The average Bonchev–Trinajstić information content (AvgIpc) is 2.57. The number of phenols is 2. The fraction of sp³-hybridized carbons (Fsp3) is 0.524. The topological polar surface area (TPSA) is 80.9 Å². The summed E-state index contributed by atoms with van der Waals surface area (Å²) in [6.45, 7) is 17.3. The maximum absolute atomic E-state index is 9.60. The first-order valence-corrected chi connectivity index (χ1v) is 8.85. The Morgan fingerprint density at radius 2 is 1.32 bits per heavy atom. The van der Waals surface area contributed by atoms with Gasteiger partial charge in [0.1, 0.15) is 11.5 Å². The predicted molar refractivity (Wildman–Crippen MR) is 109 cm³/mol.